The molecule has 0 aliphatic heterocycles. The summed E-state index contributed by atoms with van der Waals surface area (Å²) >= 11 is 0. The highest BCUT2D eigenvalue weighted by Crippen LogP contribution is 2.32. The van der Waals surface area contributed by atoms with Crippen LogP contribution in [0.2, 0.25) is 0 Å². The second-order valence-corrected chi connectivity index (χ2v) is 4.30. The summed E-state index contributed by atoms with van der Waals surface area (Å²) in [5, 5.41) is 0. The number of primary amides is 1. The molecule has 0 heterocycles. The topological polar surface area (TPSA) is 46.3 Å². The van der Waals surface area contributed by atoms with Gasteiger partial charge in [0.05, 0.1) is 11.1 Å². The number of amides is 1. The first-order valence-electron chi connectivity index (χ1n) is 5.36. The predicted molar refractivity (Wildman–Crippen MR) is 62.2 cm³/mol. The van der Waals surface area contributed by atoms with Gasteiger partial charge < -0.3 is 10.6 Å². The standard InChI is InChI=1S/C12H15F3N2O/c1-17(2)6-5-8-3-4-9(11(16)18)10(7-8)12(13,14)15/h3-4,7H,5-6H2,1-2H3,(H2,16,18). The fourth-order valence-corrected chi connectivity index (χ4v) is 1.55. The van der Waals surface area contributed by atoms with E-state index in [2.05, 4.69) is 0 Å². The van der Waals surface area contributed by atoms with Crippen LogP contribution < -0.4 is 5.73 Å². The molecular weight excluding hydrogens is 245 g/mol. The van der Waals surface area contributed by atoms with Crippen LogP contribution in [0.5, 0.6) is 0 Å². The van der Waals surface area contributed by atoms with E-state index in [1.54, 1.807) is 0 Å². The molecule has 0 aliphatic carbocycles. The minimum Gasteiger partial charge on any atom is -0.366 e. The van der Waals surface area contributed by atoms with E-state index in [0.717, 1.165) is 12.1 Å². The van der Waals surface area contributed by atoms with E-state index >= 15 is 0 Å². The first-order valence-corrected chi connectivity index (χ1v) is 5.36. The molecule has 3 nitrogen and oxygen atoms in total. The Kier molecular flexibility index (Phi) is 4.34. The fraction of sp³-hybridized carbons (Fsp3) is 0.417. The van der Waals surface area contributed by atoms with Gasteiger partial charge in [-0.15, -0.1) is 0 Å². The summed E-state index contributed by atoms with van der Waals surface area (Å²) in [6, 6.07) is 3.62. The second-order valence-electron chi connectivity index (χ2n) is 4.30. The van der Waals surface area contributed by atoms with Crippen molar-refractivity contribution in [2.24, 2.45) is 5.73 Å². The zero-order valence-corrected chi connectivity index (χ0v) is 10.2. The Balaban J connectivity index is 3.10. The predicted octanol–water partition coefficient (Wildman–Crippen LogP) is 1.91. The number of carbonyl (C=O) groups excluding carboxylic acids is 1. The van der Waals surface area contributed by atoms with Crippen LogP contribution in [0.1, 0.15) is 21.5 Å². The summed E-state index contributed by atoms with van der Waals surface area (Å²) in [4.78, 5) is 12.8. The quantitative estimate of drug-likeness (QED) is 0.898. The summed E-state index contributed by atoms with van der Waals surface area (Å²) in [5.41, 5.74) is 4.01. The highest BCUT2D eigenvalue weighted by atomic mass is 19.4. The van der Waals surface area contributed by atoms with Gasteiger partial charge in [-0.2, -0.15) is 13.2 Å². The van der Waals surface area contributed by atoms with Gasteiger partial charge in [0.15, 0.2) is 0 Å². The Morgan fingerprint density at radius 1 is 1.33 bits per heavy atom. The largest absolute Gasteiger partial charge is 0.417 e. The zero-order chi connectivity index (χ0) is 13.9. The molecule has 1 aromatic rings. The molecule has 0 radical (unpaired) electrons. The van der Waals surface area contributed by atoms with Crippen LogP contribution in [0.4, 0.5) is 13.2 Å². The molecular formula is C12H15F3N2O. The van der Waals surface area contributed by atoms with Gasteiger partial charge in [-0.1, -0.05) is 6.07 Å². The van der Waals surface area contributed by atoms with E-state index in [1.807, 2.05) is 19.0 Å². The SMILES string of the molecule is CN(C)CCc1ccc(C(N)=O)c(C(F)(F)F)c1. The summed E-state index contributed by atoms with van der Waals surface area (Å²) < 4.78 is 38.3. The van der Waals surface area contributed by atoms with Crippen molar-refractivity contribution in [2.45, 2.75) is 12.6 Å². The van der Waals surface area contributed by atoms with Gasteiger partial charge in [0.2, 0.25) is 5.91 Å². The molecule has 6 heteroatoms. The Morgan fingerprint density at radius 2 is 1.94 bits per heavy atom. The molecule has 0 spiro atoms. The summed E-state index contributed by atoms with van der Waals surface area (Å²) in [5.74, 6) is -1.07. The normalized spacial score (nSPS) is 11.9. The van der Waals surface area contributed by atoms with Crippen LogP contribution in [0.25, 0.3) is 0 Å². The molecule has 0 aliphatic rings. The minimum absolute atomic E-state index is 0.481. The van der Waals surface area contributed by atoms with Crippen molar-refractivity contribution in [3.05, 3.63) is 34.9 Å². The maximum Gasteiger partial charge on any atom is 0.417 e. The lowest BCUT2D eigenvalue weighted by Gasteiger charge is -2.14. The highest BCUT2D eigenvalue weighted by molar-refractivity contribution is 5.94. The van der Waals surface area contributed by atoms with Crippen molar-refractivity contribution in [1.82, 2.24) is 4.90 Å². The number of hydrogen-bond acceptors (Lipinski definition) is 2. The molecule has 1 amide bonds. The number of hydrogen-bond donors (Lipinski definition) is 1. The Hall–Kier alpha value is -1.56. The van der Waals surface area contributed by atoms with E-state index in [-0.39, 0.29) is 0 Å². The van der Waals surface area contributed by atoms with E-state index in [1.165, 1.54) is 6.07 Å². The van der Waals surface area contributed by atoms with Crippen LogP contribution in [0, 0.1) is 0 Å². The highest BCUT2D eigenvalue weighted by Gasteiger charge is 2.34. The van der Waals surface area contributed by atoms with Gasteiger partial charge in [0.25, 0.3) is 0 Å². The number of nitrogens with two attached hydrogens (primary N) is 1. The van der Waals surface area contributed by atoms with E-state index in [4.69, 9.17) is 5.73 Å². The van der Waals surface area contributed by atoms with Gasteiger partial charge in [-0.05, 0) is 38.2 Å². The second kappa shape index (κ2) is 5.39. The van der Waals surface area contributed by atoms with Gasteiger partial charge in [-0.25, -0.2) is 0 Å². The molecule has 0 saturated heterocycles. The number of halogens is 3. The lowest BCUT2D eigenvalue weighted by molar-refractivity contribution is -0.138. The third-order valence-corrected chi connectivity index (χ3v) is 2.50. The lowest BCUT2D eigenvalue weighted by Crippen LogP contribution is -2.20. The van der Waals surface area contributed by atoms with Crippen molar-refractivity contribution in [3.63, 3.8) is 0 Å². The molecule has 100 valence electrons. The molecule has 18 heavy (non-hydrogen) atoms. The molecule has 0 saturated carbocycles. The first-order chi connectivity index (χ1) is 8.21. The average Bonchev–Trinajstić information content (AvgIpc) is 2.24. The number of nitrogens with zero attached hydrogens (tertiary/aromatic N) is 1. The summed E-state index contributed by atoms with van der Waals surface area (Å²) in [6.45, 7) is 0.632. The summed E-state index contributed by atoms with van der Waals surface area (Å²) in [7, 11) is 3.67. The number of rotatable bonds is 4. The Labute approximate surface area is 103 Å². The van der Waals surface area contributed by atoms with E-state index in [9.17, 15) is 18.0 Å². The first kappa shape index (κ1) is 14.5. The Morgan fingerprint density at radius 3 is 2.39 bits per heavy atom. The van der Waals surface area contributed by atoms with Crippen LogP contribution in [0.3, 0.4) is 0 Å². The number of alkyl halides is 3. The van der Waals surface area contributed by atoms with Crippen molar-refractivity contribution >= 4 is 5.91 Å². The Bertz CT molecular complexity index is 441. The maximum atomic E-state index is 12.8. The van der Waals surface area contributed by atoms with Gasteiger partial charge >= 0.3 is 6.18 Å². The van der Waals surface area contributed by atoms with E-state index < -0.39 is 23.2 Å². The molecule has 0 aromatic heterocycles. The smallest absolute Gasteiger partial charge is 0.366 e. The summed E-state index contributed by atoms with van der Waals surface area (Å²) in [6.07, 6.45) is -4.09. The zero-order valence-electron chi connectivity index (χ0n) is 10.2. The molecule has 2 N–H and O–H groups in total. The van der Waals surface area contributed by atoms with Crippen LogP contribution in [-0.2, 0) is 12.6 Å². The van der Waals surface area contributed by atoms with Gasteiger partial charge in [0.1, 0.15) is 0 Å². The molecule has 1 rings (SSSR count). The van der Waals surface area contributed by atoms with Crippen LogP contribution in [-0.4, -0.2) is 31.4 Å². The molecule has 0 unspecified atom stereocenters. The third kappa shape index (κ3) is 3.73. The van der Waals surface area contributed by atoms with Gasteiger partial charge in [-0.3, -0.25) is 4.79 Å². The minimum atomic E-state index is -4.57. The number of benzene rings is 1. The monoisotopic (exact) mass is 260 g/mol. The number of carbonyl (C=O) groups is 1. The molecule has 0 bridgehead atoms. The number of likely N-dealkylation sites (N-methyl/N-ethyl adjacent to an activating group) is 1. The van der Waals surface area contributed by atoms with Crippen molar-refractivity contribution in [1.29, 1.82) is 0 Å². The van der Waals surface area contributed by atoms with Crippen molar-refractivity contribution in [3.8, 4) is 0 Å². The van der Waals surface area contributed by atoms with Crippen molar-refractivity contribution < 1.29 is 18.0 Å². The lowest BCUT2D eigenvalue weighted by atomic mass is 10.0. The fourth-order valence-electron chi connectivity index (χ4n) is 1.55. The molecule has 0 atom stereocenters. The van der Waals surface area contributed by atoms with Crippen LogP contribution >= 0.6 is 0 Å². The molecule has 1 aromatic carbocycles. The van der Waals surface area contributed by atoms with Gasteiger partial charge in [0, 0.05) is 6.54 Å². The third-order valence-electron chi connectivity index (χ3n) is 2.50. The average molecular weight is 260 g/mol. The van der Waals surface area contributed by atoms with E-state index in [0.29, 0.717) is 18.5 Å². The van der Waals surface area contributed by atoms with Crippen LogP contribution in [0.15, 0.2) is 18.2 Å². The van der Waals surface area contributed by atoms with Crippen molar-refractivity contribution in [2.75, 3.05) is 20.6 Å². The maximum absolute atomic E-state index is 12.8. The molecule has 0 fully saturated rings.